The largest absolute Gasteiger partial charge is 0.376 e. The molecule has 134 valence electrons. The van der Waals surface area contributed by atoms with Crippen LogP contribution in [0.25, 0.3) is 0 Å². The number of aryl methyl sites for hydroxylation is 2. The van der Waals surface area contributed by atoms with Crippen molar-refractivity contribution in [2.45, 2.75) is 52.7 Å². The molecule has 0 bridgehead atoms. The van der Waals surface area contributed by atoms with Crippen LogP contribution in [0.15, 0.2) is 16.5 Å². The molecule has 0 aliphatic carbocycles. The van der Waals surface area contributed by atoms with Crippen LogP contribution in [-0.2, 0) is 22.5 Å². The number of thiazole rings is 1. The highest BCUT2D eigenvalue weighted by Gasteiger charge is 2.18. The predicted octanol–water partition coefficient (Wildman–Crippen LogP) is 2.74. The van der Waals surface area contributed by atoms with E-state index in [1.54, 1.807) is 6.21 Å². The van der Waals surface area contributed by atoms with E-state index in [0.29, 0.717) is 6.10 Å². The van der Waals surface area contributed by atoms with E-state index in [9.17, 15) is 4.79 Å². The zero-order valence-corrected chi connectivity index (χ0v) is 15.7. The van der Waals surface area contributed by atoms with Gasteiger partial charge in [-0.15, -0.1) is 11.3 Å². The molecule has 1 fully saturated rings. The Kier molecular flexibility index (Phi) is 5.65. The third-order valence-electron chi connectivity index (χ3n) is 4.39. The number of nitrogens with one attached hydrogen (secondary N) is 1. The zero-order chi connectivity index (χ0) is 17.8. The first-order valence-corrected chi connectivity index (χ1v) is 9.42. The molecular formula is C18H24N4O2S. The minimum absolute atomic E-state index is 0.154. The first-order chi connectivity index (χ1) is 12.0. The summed E-state index contributed by atoms with van der Waals surface area (Å²) in [5.41, 5.74) is 6.86. The minimum Gasteiger partial charge on any atom is -0.376 e. The molecule has 6 nitrogen and oxygen atoms in total. The topological polar surface area (TPSA) is 68.5 Å². The first kappa shape index (κ1) is 17.8. The molecule has 2 aromatic rings. The van der Waals surface area contributed by atoms with Crippen LogP contribution in [0.4, 0.5) is 0 Å². The van der Waals surface area contributed by atoms with E-state index in [2.05, 4.69) is 40.0 Å². The summed E-state index contributed by atoms with van der Waals surface area (Å²) in [5, 5.41) is 6.84. The molecule has 0 radical (unpaired) electrons. The van der Waals surface area contributed by atoms with Crippen LogP contribution in [-0.4, -0.2) is 34.4 Å². The number of carbonyl (C=O) groups excluding carboxylic acids is 1. The third-order valence-corrected chi connectivity index (χ3v) is 5.36. The maximum absolute atomic E-state index is 11.9. The van der Waals surface area contributed by atoms with E-state index in [4.69, 9.17) is 4.74 Å². The fourth-order valence-corrected chi connectivity index (χ4v) is 3.84. The molecular weight excluding hydrogens is 336 g/mol. The maximum Gasteiger partial charge on any atom is 0.246 e. The predicted molar refractivity (Wildman–Crippen MR) is 99.2 cm³/mol. The van der Waals surface area contributed by atoms with Crippen LogP contribution in [0.1, 0.15) is 40.5 Å². The number of amides is 1. The van der Waals surface area contributed by atoms with Crippen LogP contribution in [0, 0.1) is 20.8 Å². The lowest BCUT2D eigenvalue weighted by Crippen LogP contribution is -2.19. The van der Waals surface area contributed by atoms with Gasteiger partial charge in [0.25, 0.3) is 0 Å². The maximum atomic E-state index is 11.9. The zero-order valence-electron chi connectivity index (χ0n) is 14.9. The molecule has 0 aromatic carbocycles. The van der Waals surface area contributed by atoms with E-state index in [0.717, 1.165) is 48.0 Å². The van der Waals surface area contributed by atoms with Crippen LogP contribution in [0.5, 0.6) is 0 Å². The molecule has 25 heavy (non-hydrogen) atoms. The Morgan fingerprint density at radius 1 is 1.52 bits per heavy atom. The van der Waals surface area contributed by atoms with E-state index in [1.807, 2.05) is 12.3 Å². The Labute approximate surface area is 151 Å². The summed E-state index contributed by atoms with van der Waals surface area (Å²) in [6.07, 6.45) is 4.53. The van der Waals surface area contributed by atoms with Gasteiger partial charge in [0, 0.05) is 41.2 Å². The number of hydrazone groups is 1. The summed E-state index contributed by atoms with van der Waals surface area (Å²) < 4.78 is 7.99. The first-order valence-electron chi connectivity index (χ1n) is 8.54. The monoisotopic (exact) mass is 360 g/mol. The van der Waals surface area contributed by atoms with Crippen molar-refractivity contribution in [1.29, 1.82) is 0 Å². The standard InChI is InChI=1S/C18H24N4O2S/c1-12-11-25-18(20-12)8-17(23)21-19-9-15-7-13(2)22(14(15)3)10-16-5-4-6-24-16/h7,9,11,16H,4-6,8,10H2,1-3H3,(H,21,23)/b19-9-/t16-/m1/s1. The summed E-state index contributed by atoms with van der Waals surface area (Å²) in [4.78, 5) is 16.2. The normalized spacial score (nSPS) is 17.5. The molecule has 3 heterocycles. The number of aromatic nitrogens is 2. The van der Waals surface area contributed by atoms with Gasteiger partial charge in [0.05, 0.1) is 18.7 Å². The third kappa shape index (κ3) is 4.55. The lowest BCUT2D eigenvalue weighted by molar-refractivity contribution is -0.120. The number of rotatable bonds is 6. The van der Waals surface area contributed by atoms with Gasteiger partial charge in [-0.05, 0) is 39.7 Å². The summed E-state index contributed by atoms with van der Waals surface area (Å²) in [5.74, 6) is -0.154. The van der Waals surface area contributed by atoms with Crippen molar-refractivity contribution in [2.24, 2.45) is 5.10 Å². The van der Waals surface area contributed by atoms with E-state index in [-0.39, 0.29) is 12.3 Å². The van der Waals surface area contributed by atoms with Crippen molar-refractivity contribution in [3.8, 4) is 0 Å². The summed E-state index contributed by atoms with van der Waals surface area (Å²) in [6.45, 7) is 7.82. The fraction of sp³-hybridized carbons (Fsp3) is 0.500. The Bertz CT molecular complexity index is 772. The minimum atomic E-state index is -0.154. The lowest BCUT2D eigenvalue weighted by Gasteiger charge is -2.14. The number of carbonyl (C=O) groups is 1. The van der Waals surface area contributed by atoms with Crippen molar-refractivity contribution in [3.05, 3.63) is 39.1 Å². The van der Waals surface area contributed by atoms with E-state index in [1.165, 1.54) is 17.0 Å². The molecule has 0 spiro atoms. The molecule has 1 N–H and O–H groups in total. The van der Waals surface area contributed by atoms with Crippen LogP contribution in [0.2, 0.25) is 0 Å². The number of hydrogen-bond acceptors (Lipinski definition) is 5. The second-order valence-electron chi connectivity index (χ2n) is 6.42. The van der Waals surface area contributed by atoms with Crippen LogP contribution < -0.4 is 5.43 Å². The molecule has 0 saturated carbocycles. The van der Waals surface area contributed by atoms with Gasteiger partial charge in [0.2, 0.25) is 5.91 Å². The summed E-state index contributed by atoms with van der Waals surface area (Å²) in [7, 11) is 0. The second kappa shape index (κ2) is 7.93. The van der Waals surface area contributed by atoms with Gasteiger partial charge < -0.3 is 9.30 Å². The van der Waals surface area contributed by atoms with Crippen molar-refractivity contribution in [3.63, 3.8) is 0 Å². The summed E-state index contributed by atoms with van der Waals surface area (Å²) >= 11 is 1.49. The number of hydrogen-bond donors (Lipinski definition) is 1. The molecule has 1 amide bonds. The Morgan fingerprint density at radius 3 is 3.04 bits per heavy atom. The Hall–Kier alpha value is -1.99. The number of ether oxygens (including phenoxy) is 1. The SMILES string of the molecule is Cc1csc(CC(=O)N/N=C\c2cc(C)n(C[C@H]3CCCO3)c2C)n1. The van der Waals surface area contributed by atoms with Gasteiger partial charge in [-0.3, -0.25) is 4.79 Å². The van der Waals surface area contributed by atoms with Crippen molar-refractivity contribution < 1.29 is 9.53 Å². The Morgan fingerprint density at radius 2 is 2.36 bits per heavy atom. The van der Waals surface area contributed by atoms with Gasteiger partial charge in [0.1, 0.15) is 5.01 Å². The van der Waals surface area contributed by atoms with Crippen molar-refractivity contribution in [2.75, 3.05) is 6.61 Å². The average Bonchev–Trinajstić information content (AvgIpc) is 3.27. The van der Waals surface area contributed by atoms with Crippen LogP contribution in [0.3, 0.4) is 0 Å². The molecule has 1 aliphatic heterocycles. The molecule has 1 saturated heterocycles. The highest BCUT2D eigenvalue weighted by atomic mass is 32.1. The molecule has 1 atom stereocenters. The van der Waals surface area contributed by atoms with E-state index >= 15 is 0 Å². The lowest BCUT2D eigenvalue weighted by atomic mass is 10.2. The highest BCUT2D eigenvalue weighted by molar-refractivity contribution is 7.09. The van der Waals surface area contributed by atoms with Gasteiger partial charge in [-0.2, -0.15) is 5.10 Å². The molecule has 0 unspecified atom stereocenters. The van der Waals surface area contributed by atoms with Crippen molar-refractivity contribution in [1.82, 2.24) is 15.0 Å². The smallest absolute Gasteiger partial charge is 0.246 e. The van der Waals surface area contributed by atoms with Gasteiger partial charge in [-0.25, -0.2) is 10.4 Å². The molecule has 7 heteroatoms. The average molecular weight is 360 g/mol. The van der Waals surface area contributed by atoms with Gasteiger partial charge in [-0.1, -0.05) is 0 Å². The van der Waals surface area contributed by atoms with Gasteiger partial charge in [0.15, 0.2) is 0 Å². The van der Waals surface area contributed by atoms with E-state index < -0.39 is 0 Å². The van der Waals surface area contributed by atoms with Crippen molar-refractivity contribution >= 4 is 23.5 Å². The Balaban J connectivity index is 1.58. The quantitative estimate of drug-likeness (QED) is 0.636. The highest BCUT2D eigenvalue weighted by Crippen LogP contribution is 2.19. The second-order valence-corrected chi connectivity index (χ2v) is 7.37. The number of nitrogens with zero attached hydrogens (tertiary/aromatic N) is 3. The van der Waals surface area contributed by atoms with Crippen LogP contribution >= 0.6 is 11.3 Å². The summed E-state index contributed by atoms with van der Waals surface area (Å²) in [6, 6.07) is 2.09. The van der Waals surface area contributed by atoms with Gasteiger partial charge >= 0.3 is 0 Å². The molecule has 3 rings (SSSR count). The molecule has 2 aromatic heterocycles. The molecule has 1 aliphatic rings. The fourth-order valence-electron chi connectivity index (χ4n) is 3.07.